The number of rotatable bonds is 3. The molecule has 0 aromatic heterocycles. The zero-order valence-electron chi connectivity index (χ0n) is 12.2. The van der Waals surface area contributed by atoms with Crippen LogP contribution in [0.1, 0.15) is 30.9 Å². The van der Waals surface area contributed by atoms with Crippen LogP contribution >= 0.6 is 36.4 Å². The Balaban J connectivity index is 0.00000121. The molecular weight excluding hydrogens is 353 g/mol. The van der Waals surface area contributed by atoms with Gasteiger partial charge in [0.1, 0.15) is 11.6 Å². The molecule has 0 unspecified atom stereocenters. The fraction of sp³-hybridized carbons (Fsp3) is 0.600. The van der Waals surface area contributed by atoms with Gasteiger partial charge in [0.05, 0.1) is 5.02 Å². The molecule has 22 heavy (non-hydrogen) atoms. The molecule has 2 nitrogen and oxygen atoms in total. The second-order valence-corrected chi connectivity index (χ2v) is 6.09. The minimum atomic E-state index is -0.581. The van der Waals surface area contributed by atoms with Gasteiger partial charge in [-0.15, -0.1) is 24.8 Å². The van der Waals surface area contributed by atoms with Crippen LogP contribution < -0.4 is 5.32 Å². The van der Waals surface area contributed by atoms with Gasteiger partial charge in [-0.1, -0.05) is 18.0 Å². The molecule has 0 spiro atoms. The van der Waals surface area contributed by atoms with Gasteiger partial charge in [-0.3, -0.25) is 4.90 Å². The van der Waals surface area contributed by atoms with Gasteiger partial charge in [-0.2, -0.15) is 0 Å². The molecule has 7 heteroatoms. The largest absolute Gasteiger partial charge is 0.314 e. The SMILES string of the molecule is Cl.Cl.Fc1ccc(Cl)c(F)c1[C@@H](C1CCC1)N1CCNCC1. The summed E-state index contributed by atoms with van der Waals surface area (Å²) in [7, 11) is 0. The number of halogens is 5. The highest BCUT2D eigenvalue weighted by atomic mass is 35.5. The lowest BCUT2D eigenvalue weighted by Gasteiger charge is -2.43. The molecule has 1 saturated carbocycles. The third-order valence-electron chi connectivity index (χ3n) is 4.52. The lowest BCUT2D eigenvalue weighted by Crippen LogP contribution is -2.48. The van der Waals surface area contributed by atoms with Gasteiger partial charge in [0, 0.05) is 37.8 Å². The van der Waals surface area contributed by atoms with Gasteiger partial charge in [0.15, 0.2) is 0 Å². The van der Waals surface area contributed by atoms with Crippen LogP contribution in [0.3, 0.4) is 0 Å². The van der Waals surface area contributed by atoms with Gasteiger partial charge in [0.2, 0.25) is 0 Å². The molecule has 2 aliphatic rings. The lowest BCUT2D eigenvalue weighted by atomic mass is 9.76. The molecule has 1 aliphatic carbocycles. The molecule has 1 atom stereocenters. The quantitative estimate of drug-likeness (QED) is 0.799. The minimum absolute atomic E-state index is 0. The molecule has 0 bridgehead atoms. The van der Waals surface area contributed by atoms with Crippen LogP contribution in [0.2, 0.25) is 5.02 Å². The van der Waals surface area contributed by atoms with Gasteiger partial charge in [-0.05, 0) is 30.9 Å². The second-order valence-electron chi connectivity index (χ2n) is 5.68. The van der Waals surface area contributed by atoms with E-state index in [1.54, 1.807) is 0 Å². The standard InChI is InChI=1S/C15H19ClF2N2.2ClH/c16-11-4-5-12(17)13(14(11)18)15(10-2-1-3-10)20-8-6-19-7-9-20;;/h4-5,10,15,19H,1-3,6-9H2;2*1H/t15-;;/m1../s1. The molecule has 126 valence electrons. The highest BCUT2D eigenvalue weighted by molar-refractivity contribution is 6.30. The third kappa shape index (κ3) is 3.85. The normalized spacial score (nSPS) is 20.5. The van der Waals surface area contributed by atoms with Crippen molar-refractivity contribution in [2.75, 3.05) is 26.2 Å². The molecule has 1 heterocycles. The zero-order chi connectivity index (χ0) is 14.1. The van der Waals surface area contributed by atoms with Crippen molar-refractivity contribution < 1.29 is 8.78 Å². The first kappa shape index (κ1) is 19.9. The van der Waals surface area contributed by atoms with Crippen molar-refractivity contribution in [1.82, 2.24) is 10.2 Å². The van der Waals surface area contributed by atoms with E-state index >= 15 is 0 Å². The van der Waals surface area contributed by atoms with E-state index in [-0.39, 0.29) is 41.4 Å². The van der Waals surface area contributed by atoms with Crippen molar-refractivity contribution in [3.05, 3.63) is 34.4 Å². The van der Waals surface area contributed by atoms with Crippen molar-refractivity contribution in [2.45, 2.75) is 25.3 Å². The fourth-order valence-corrected chi connectivity index (χ4v) is 3.41. The summed E-state index contributed by atoms with van der Waals surface area (Å²) < 4.78 is 28.6. The first-order valence-electron chi connectivity index (χ1n) is 7.26. The van der Waals surface area contributed by atoms with Crippen molar-refractivity contribution in [2.24, 2.45) is 5.92 Å². The maximum Gasteiger partial charge on any atom is 0.149 e. The number of nitrogens with zero attached hydrogens (tertiary/aromatic N) is 1. The first-order valence-corrected chi connectivity index (χ1v) is 7.64. The van der Waals surface area contributed by atoms with Crippen LogP contribution in [0.4, 0.5) is 8.78 Å². The Morgan fingerprint density at radius 3 is 2.32 bits per heavy atom. The van der Waals surface area contributed by atoms with Crippen molar-refractivity contribution in [3.63, 3.8) is 0 Å². The highest BCUT2D eigenvalue weighted by Gasteiger charge is 2.37. The average molecular weight is 374 g/mol. The Hall–Kier alpha value is -0.130. The Labute approximate surface area is 147 Å². The van der Waals surface area contributed by atoms with Crippen molar-refractivity contribution >= 4 is 36.4 Å². The number of hydrogen-bond acceptors (Lipinski definition) is 2. The van der Waals surface area contributed by atoms with Crippen LogP contribution in [-0.2, 0) is 0 Å². The van der Waals surface area contributed by atoms with E-state index in [9.17, 15) is 8.78 Å². The van der Waals surface area contributed by atoms with Crippen LogP contribution in [0, 0.1) is 17.6 Å². The first-order chi connectivity index (χ1) is 9.68. The number of piperazine rings is 1. The van der Waals surface area contributed by atoms with Gasteiger partial charge in [0.25, 0.3) is 0 Å². The Morgan fingerprint density at radius 2 is 1.77 bits per heavy atom. The Morgan fingerprint density at radius 1 is 1.14 bits per heavy atom. The summed E-state index contributed by atoms with van der Waals surface area (Å²) in [4.78, 5) is 2.21. The van der Waals surface area contributed by atoms with E-state index in [2.05, 4.69) is 10.2 Å². The minimum Gasteiger partial charge on any atom is -0.314 e. The average Bonchev–Trinajstić information content (AvgIpc) is 2.41. The summed E-state index contributed by atoms with van der Waals surface area (Å²) in [5, 5.41) is 3.30. The predicted octanol–water partition coefficient (Wildman–Crippen LogP) is 4.21. The van der Waals surface area contributed by atoms with Crippen LogP contribution in [0.15, 0.2) is 12.1 Å². The van der Waals surface area contributed by atoms with Gasteiger partial charge < -0.3 is 5.32 Å². The Bertz CT molecular complexity index is 492. The number of benzene rings is 1. The number of hydrogen-bond donors (Lipinski definition) is 1. The van der Waals surface area contributed by atoms with E-state index in [4.69, 9.17) is 11.6 Å². The van der Waals surface area contributed by atoms with E-state index in [1.807, 2.05) is 0 Å². The third-order valence-corrected chi connectivity index (χ3v) is 4.81. The summed E-state index contributed by atoms with van der Waals surface area (Å²) >= 11 is 5.86. The highest BCUT2D eigenvalue weighted by Crippen LogP contribution is 2.43. The molecule has 1 N–H and O–H groups in total. The number of nitrogens with one attached hydrogen (secondary N) is 1. The second kappa shape index (κ2) is 8.65. The van der Waals surface area contributed by atoms with Gasteiger partial charge >= 0.3 is 0 Å². The summed E-state index contributed by atoms with van der Waals surface area (Å²) in [6, 6.07) is 2.41. The van der Waals surface area contributed by atoms with E-state index in [0.717, 1.165) is 45.4 Å². The zero-order valence-corrected chi connectivity index (χ0v) is 14.5. The lowest BCUT2D eigenvalue weighted by molar-refractivity contribution is 0.0785. The maximum absolute atomic E-state index is 14.4. The molecule has 3 rings (SSSR count). The molecule has 1 aliphatic heterocycles. The molecule has 1 aromatic rings. The monoisotopic (exact) mass is 372 g/mol. The smallest absolute Gasteiger partial charge is 0.149 e. The summed E-state index contributed by atoms with van der Waals surface area (Å²) in [6.45, 7) is 3.39. The fourth-order valence-electron chi connectivity index (χ4n) is 3.25. The summed E-state index contributed by atoms with van der Waals surface area (Å²) in [5.74, 6) is -0.708. The molecule has 0 amide bonds. The van der Waals surface area contributed by atoms with E-state index in [1.165, 1.54) is 12.1 Å². The van der Waals surface area contributed by atoms with Gasteiger partial charge in [-0.25, -0.2) is 8.78 Å². The molecular formula is C15H21Cl3F2N2. The molecule has 0 radical (unpaired) electrons. The van der Waals surface area contributed by atoms with Crippen molar-refractivity contribution in [1.29, 1.82) is 0 Å². The van der Waals surface area contributed by atoms with Crippen LogP contribution in [0.25, 0.3) is 0 Å². The maximum atomic E-state index is 14.4. The summed E-state index contributed by atoms with van der Waals surface area (Å²) in [6.07, 6.45) is 3.23. The summed E-state index contributed by atoms with van der Waals surface area (Å²) in [5.41, 5.74) is 0.170. The van der Waals surface area contributed by atoms with Crippen molar-refractivity contribution in [3.8, 4) is 0 Å². The molecule has 1 aromatic carbocycles. The van der Waals surface area contributed by atoms with Crippen LogP contribution in [0.5, 0.6) is 0 Å². The van der Waals surface area contributed by atoms with E-state index < -0.39 is 11.6 Å². The van der Waals surface area contributed by atoms with Crippen LogP contribution in [-0.4, -0.2) is 31.1 Å². The topological polar surface area (TPSA) is 15.3 Å². The molecule has 1 saturated heterocycles. The Kier molecular flexibility index (Phi) is 7.83. The molecule has 2 fully saturated rings. The van der Waals surface area contributed by atoms with E-state index in [0.29, 0.717) is 5.92 Å². The predicted molar refractivity (Wildman–Crippen MR) is 90.4 cm³/mol.